The van der Waals surface area contributed by atoms with E-state index in [1.54, 1.807) is 0 Å². The molecule has 1 aromatic carbocycles. The number of hydrogen-bond acceptors (Lipinski definition) is 6. The number of hydrogen-bond donors (Lipinski definition) is 2. The summed E-state index contributed by atoms with van der Waals surface area (Å²) in [6, 6.07) is 8.44. The largest absolute Gasteiger partial charge is 0.493 e. The first-order valence-electron chi connectivity index (χ1n) is 10.3. The van der Waals surface area contributed by atoms with Gasteiger partial charge in [-0.1, -0.05) is 29.8 Å². The van der Waals surface area contributed by atoms with Crippen LogP contribution in [0.1, 0.15) is 23.7 Å². The highest BCUT2D eigenvalue weighted by molar-refractivity contribution is 5.88. The summed E-state index contributed by atoms with van der Waals surface area (Å²) in [5, 5.41) is 3.69. The van der Waals surface area contributed by atoms with E-state index in [4.69, 9.17) is 14.2 Å². The molecule has 10 heteroatoms. The van der Waals surface area contributed by atoms with Crippen molar-refractivity contribution in [3.8, 4) is 5.75 Å². The Balaban J connectivity index is 1.41. The lowest BCUT2D eigenvalue weighted by atomic mass is 9.82. The van der Waals surface area contributed by atoms with E-state index in [2.05, 4.69) is 26.3 Å². The molecule has 1 saturated heterocycles. The van der Waals surface area contributed by atoms with E-state index >= 15 is 0 Å². The van der Waals surface area contributed by atoms with Gasteiger partial charge < -0.3 is 24.5 Å². The fourth-order valence-corrected chi connectivity index (χ4v) is 4.66. The molecule has 32 heavy (non-hydrogen) atoms. The van der Waals surface area contributed by atoms with Gasteiger partial charge in [0.05, 0.1) is 24.6 Å². The number of ether oxygens (including phenoxy) is 3. The van der Waals surface area contributed by atoms with Crippen molar-refractivity contribution in [1.29, 1.82) is 0 Å². The second-order valence-electron chi connectivity index (χ2n) is 8.13. The van der Waals surface area contributed by atoms with Gasteiger partial charge in [-0.2, -0.15) is 13.2 Å². The molecule has 2 bridgehead atoms. The zero-order valence-electron chi connectivity index (χ0n) is 16.7. The topological polar surface area (TPSA) is 81.3 Å². The van der Waals surface area contributed by atoms with Crippen LogP contribution in [0.2, 0.25) is 0 Å². The predicted octanol–water partition coefficient (Wildman–Crippen LogP) is 4.21. The molecule has 0 amide bonds. The van der Waals surface area contributed by atoms with E-state index in [9.17, 15) is 13.2 Å². The van der Waals surface area contributed by atoms with Gasteiger partial charge in [-0.05, 0) is 12.1 Å². The van der Waals surface area contributed by atoms with Gasteiger partial charge in [-0.25, -0.2) is 9.97 Å². The van der Waals surface area contributed by atoms with Crippen LogP contribution in [0.5, 0.6) is 5.75 Å². The highest BCUT2D eigenvalue weighted by Gasteiger charge is 2.40. The van der Waals surface area contributed by atoms with E-state index in [0.717, 1.165) is 23.0 Å². The Hall–Kier alpha value is -3.11. The fraction of sp³-hybridized carbons (Fsp3) is 0.364. The quantitative estimate of drug-likeness (QED) is 0.589. The number of anilines is 1. The van der Waals surface area contributed by atoms with Gasteiger partial charge in [-0.15, -0.1) is 0 Å². The summed E-state index contributed by atoms with van der Waals surface area (Å²) in [6.45, 7) is 0.946. The molecule has 2 aromatic heterocycles. The average Bonchev–Trinajstić information content (AvgIpc) is 3.37. The molecule has 7 nitrogen and oxygen atoms in total. The summed E-state index contributed by atoms with van der Waals surface area (Å²) in [6.07, 6.45) is -0.921. The third-order valence-electron chi connectivity index (χ3n) is 6.15. The smallest absolute Gasteiger partial charge is 0.431 e. The Morgan fingerprint density at radius 1 is 1.12 bits per heavy atom. The molecule has 0 aliphatic carbocycles. The minimum atomic E-state index is -4.50. The molecule has 3 aromatic rings. The molecule has 3 aliphatic heterocycles. The summed E-state index contributed by atoms with van der Waals surface area (Å²) < 4.78 is 57.2. The standard InChI is InChI=1S/C22H19F3N4O3/c23-22(24,25)17-7-14-20(28-17)26-10-27-21(14)29-19-13-3-1-2-4-16(13)30-9-15(19)11-5-12-8-31-18(6-11)32-12/h1-5,7,10,12,15,18-19H,6,8-9H2,(H2,26,27,28,29)/t12-,15-,18-,19+/m1/s1. The summed E-state index contributed by atoms with van der Waals surface area (Å²) in [5.41, 5.74) is 1.33. The number of benzene rings is 1. The van der Waals surface area contributed by atoms with E-state index in [1.807, 2.05) is 24.3 Å². The Bertz CT molecular complexity index is 1210. The lowest BCUT2D eigenvalue weighted by Crippen LogP contribution is -2.35. The molecule has 0 saturated carbocycles. The zero-order valence-corrected chi connectivity index (χ0v) is 16.7. The molecule has 4 atom stereocenters. The summed E-state index contributed by atoms with van der Waals surface area (Å²) in [4.78, 5) is 10.6. The fourth-order valence-electron chi connectivity index (χ4n) is 4.66. The Morgan fingerprint density at radius 3 is 2.84 bits per heavy atom. The molecule has 0 unspecified atom stereocenters. The third kappa shape index (κ3) is 3.30. The molecular formula is C22H19F3N4O3. The van der Waals surface area contributed by atoms with Crippen molar-refractivity contribution in [2.45, 2.75) is 31.0 Å². The second kappa shape index (κ2) is 7.21. The number of fused-ring (bicyclic) bond motifs is 4. The lowest BCUT2D eigenvalue weighted by Gasteiger charge is -2.37. The Morgan fingerprint density at radius 2 is 2.00 bits per heavy atom. The van der Waals surface area contributed by atoms with E-state index in [1.165, 1.54) is 6.33 Å². The molecule has 3 aliphatic rings. The van der Waals surface area contributed by atoms with Crippen LogP contribution in [-0.4, -0.2) is 40.6 Å². The summed E-state index contributed by atoms with van der Waals surface area (Å²) in [7, 11) is 0. The highest BCUT2D eigenvalue weighted by atomic mass is 19.4. The molecule has 1 fully saturated rings. The Labute approximate surface area is 180 Å². The van der Waals surface area contributed by atoms with Gasteiger partial charge in [0.1, 0.15) is 35.3 Å². The third-order valence-corrected chi connectivity index (χ3v) is 6.15. The number of aromatic nitrogens is 3. The number of halogens is 3. The van der Waals surface area contributed by atoms with Crippen LogP contribution >= 0.6 is 0 Å². The Kier molecular flexibility index (Phi) is 4.41. The molecule has 166 valence electrons. The van der Waals surface area contributed by atoms with E-state index in [0.29, 0.717) is 25.5 Å². The maximum absolute atomic E-state index is 13.3. The first-order valence-corrected chi connectivity index (χ1v) is 10.3. The van der Waals surface area contributed by atoms with Crippen molar-refractivity contribution in [2.75, 3.05) is 18.5 Å². The van der Waals surface area contributed by atoms with Gasteiger partial charge >= 0.3 is 6.18 Å². The van der Waals surface area contributed by atoms with Crippen LogP contribution in [-0.2, 0) is 15.7 Å². The number of nitrogens with one attached hydrogen (secondary N) is 2. The monoisotopic (exact) mass is 444 g/mol. The van der Waals surface area contributed by atoms with Crippen molar-refractivity contribution in [2.24, 2.45) is 5.92 Å². The zero-order chi connectivity index (χ0) is 21.9. The average molecular weight is 444 g/mol. The number of alkyl halides is 3. The minimum Gasteiger partial charge on any atom is -0.493 e. The number of rotatable bonds is 3. The van der Waals surface area contributed by atoms with Crippen molar-refractivity contribution in [3.05, 3.63) is 59.6 Å². The number of nitrogens with zero attached hydrogens (tertiary/aromatic N) is 2. The predicted molar refractivity (Wildman–Crippen MR) is 108 cm³/mol. The lowest BCUT2D eigenvalue weighted by molar-refractivity contribution is -0.140. The first-order chi connectivity index (χ1) is 15.5. The van der Waals surface area contributed by atoms with Crippen molar-refractivity contribution in [3.63, 3.8) is 0 Å². The molecule has 0 radical (unpaired) electrons. The van der Waals surface area contributed by atoms with Gasteiger partial charge in [0.25, 0.3) is 0 Å². The SMILES string of the molecule is FC(F)(F)c1cc2c(N[C@H]3c4ccccc4OC[C@@H]3C3=C[C@@H]4CO[C@@H](C3)O4)ncnc2[nH]1. The second-order valence-corrected chi connectivity index (χ2v) is 8.13. The van der Waals surface area contributed by atoms with Crippen molar-refractivity contribution < 1.29 is 27.4 Å². The molecular weight excluding hydrogens is 425 g/mol. The maximum atomic E-state index is 13.3. The van der Waals surface area contributed by atoms with Gasteiger partial charge in [-0.3, -0.25) is 0 Å². The molecule has 6 rings (SSSR count). The van der Waals surface area contributed by atoms with E-state index < -0.39 is 11.9 Å². The van der Waals surface area contributed by atoms with Crippen LogP contribution in [0.15, 0.2) is 48.3 Å². The molecule has 0 spiro atoms. The van der Waals surface area contributed by atoms with Crippen LogP contribution < -0.4 is 10.1 Å². The van der Waals surface area contributed by atoms with Gasteiger partial charge in [0.15, 0.2) is 6.29 Å². The van der Waals surface area contributed by atoms with Crippen LogP contribution in [0.3, 0.4) is 0 Å². The first kappa shape index (κ1) is 19.6. The van der Waals surface area contributed by atoms with Crippen LogP contribution in [0, 0.1) is 5.92 Å². The number of para-hydroxylation sites is 1. The van der Waals surface area contributed by atoms with Crippen LogP contribution in [0.25, 0.3) is 11.0 Å². The summed E-state index contributed by atoms with van der Waals surface area (Å²) >= 11 is 0. The van der Waals surface area contributed by atoms with Gasteiger partial charge in [0.2, 0.25) is 0 Å². The van der Waals surface area contributed by atoms with Crippen LogP contribution in [0.4, 0.5) is 19.0 Å². The van der Waals surface area contributed by atoms with Crippen molar-refractivity contribution in [1.82, 2.24) is 15.0 Å². The minimum absolute atomic E-state index is 0.0634. The van der Waals surface area contributed by atoms with Gasteiger partial charge in [0, 0.05) is 17.9 Å². The maximum Gasteiger partial charge on any atom is 0.431 e. The van der Waals surface area contributed by atoms with E-state index in [-0.39, 0.29) is 35.4 Å². The highest BCUT2D eigenvalue weighted by Crippen LogP contribution is 2.44. The number of H-pyrrole nitrogens is 1. The summed E-state index contributed by atoms with van der Waals surface area (Å²) in [5.74, 6) is 1.01. The molecule has 2 N–H and O–H groups in total. The van der Waals surface area contributed by atoms with Crippen molar-refractivity contribution >= 4 is 16.9 Å². The number of aromatic amines is 1. The normalized spacial score (nSPS) is 27.0. The molecule has 5 heterocycles.